The SMILES string of the molecule is C[C@@H]1[C@@H](C)C(C)(C)c2cc(-c3cc(-c4ccccc4)ccn3)ccc2C1(C)C. The van der Waals surface area contributed by atoms with E-state index in [2.05, 4.69) is 102 Å². The summed E-state index contributed by atoms with van der Waals surface area (Å²) in [5.74, 6) is 1.26. The first-order valence-electron chi connectivity index (χ1n) is 10.4. The molecule has 1 aliphatic rings. The Morgan fingerprint density at radius 2 is 1.29 bits per heavy atom. The number of nitrogens with zero attached hydrogens (tertiary/aromatic N) is 1. The number of rotatable bonds is 2. The van der Waals surface area contributed by atoms with Gasteiger partial charge in [-0.1, -0.05) is 84.0 Å². The van der Waals surface area contributed by atoms with Crippen LogP contribution in [0.4, 0.5) is 0 Å². The van der Waals surface area contributed by atoms with Crippen LogP contribution in [0, 0.1) is 11.8 Å². The Hall–Kier alpha value is -2.41. The van der Waals surface area contributed by atoms with Gasteiger partial charge in [-0.05, 0) is 63.1 Å². The summed E-state index contributed by atoms with van der Waals surface area (Å²) in [6, 6.07) is 21.8. The van der Waals surface area contributed by atoms with E-state index in [1.807, 2.05) is 6.20 Å². The summed E-state index contributed by atoms with van der Waals surface area (Å²) in [7, 11) is 0. The summed E-state index contributed by atoms with van der Waals surface area (Å²) in [4.78, 5) is 4.70. The average molecular weight is 370 g/mol. The zero-order chi connectivity index (χ0) is 20.1. The van der Waals surface area contributed by atoms with E-state index in [4.69, 9.17) is 4.98 Å². The van der Waals surface area contributed by atoms with Gasteiger partial charge < -0.3 is 0 Å². The van der Waals surface area contributed by atoms with Gasteiger partial charge in [0, 0.05) is 11.8 Å². The van der Waals surface area contributed by atoms with Crippen LogP contribution in [0.5, 0.6) is 0 Å². The number of hydrogen-bond donors (Lipinski definition) is 0. The molecule has 0 saturated carbocycles. The van der Waals surface area contributed by atoms with Crippen LogP contribution < -0.4 is 0 Å². The van der Waals surface area contributed by atoms with Crippen molar-refractivity contribution in [2.24, 2.45) is 11.8 Å². The lowest BCUT2D eigenvalue weighted by atomic mass is 9.53. The first kappa shape index (κ1) is 18.9. The Balaban J connectivity index is 1.83. The highest BCUT2D eigenvalue weighted by molar-refractivity contribution is 5.71. The van der Waals surface area contributed by atoms with Gasteiger partial charge in [-0.15, -0.1) is 0 Å². The molecule has 1 heteroatoms. The van der Waals surface area contributed by atoms with Crippen LogP contribution in [0.1, 0.15) is 52.7 Å². The van der Waals surface area contributed by atoms with E-state index in [1.54, 1.807) is 0 Å². The number of fused-ring (bicyclic) bond motifs is 1. The largest absolute Gasteiger partial charge is 0.256 e. The van der Waals surface area contributed by atoms with Crippen molar-refractivity contribution in [3.8, 4) is 22.4 Å². The molecule has 0 aliphatic heterocycles. The Morgan fingerprint density at radius 3 is 1.96 bits per heavy atom. The van der Waals surface area contributed by atoms with Crippen LogP contribution in [-0.4, -0.2) is 4.98 Å². The minimum atomic E-state index is 0.150. The molecular weight excluding hydrogens is 338 g/mol. The lowest BCUT2D eigenvalue weighted by Gasteiger charge is -2.51. The Morgan fingerprint density at radius 1 is 0.643 bits per heavy atom. The van der Waals surface area contributed by atoms with E-state index < -0.39 is 0 Å². The minimum absolute atomic E-state index is 0.150. The van der Waals surface area contributed by atoms with Crippen LogP contribution in [0.3, 0.4) is 0 Å². The van der Waals surface area contributed by atoms with E-state index in [0.29, 0.717) is 11.8 Å². The summed E-state index contributed by atoms with van der Waals surface area (Å²) in [6.07, 6.45) is 1.93. The molecule has 0 fully saturated rings. The highest BCUT2D eigenvalue weighted by Crippen LogP contribution is 2.52. The van der Waals surface area contributed by atoms with Crippen LogP contribution in [-0.2, 0) is 10.8 Å². The topological polar surface area (TPSA) is 12.9 Å². The Labute approximate surface area is 169 Å². The second kappa shape index (κ2) is 6.58. The van der Waals surface area contributed by atoms with Gasteiger partial charge in [0.25, 0.3) is 0 Å². The van der Waals surface area contributed by atoms with E-state index in [0.717, 1.165) is 5.69 Å². The lowest BCUT2D eigenvalue weighted by molar-refractivity contribution is 0.145. The third-order valence-corrected chi connectivity index (χ3v) is 7.60. The lowest BCUT2D eigenvalue weighted by Crippen LogP contribution is -2.46. The molecular formula is C27H31N. The predicted molar refractivity (Wildman–Crippen MR) is 119 cm³/mol. The maximum atomic E-state index is 4.70. The van der Waals surface area contributed by atoms with Gasteiger partial charge in [0.05, 0.1) is 5.69 Å². The van der Waals surface area contributed by atoms with E-state index >= 15 is 0 Å². The number of benzene rings is 2. The van der Waals surface area contributed by atoms with Crippen molar-refractivity contribution >= 4 is 0 Å². The molecule has 3 aromatic rings. The van der Waals surface area contributed by atoms with Crippen LogP contribution in [0.2, 0.25) is 0 Å². The van der Waals surface area contributed by atoms with Crippen LogP contribution >= 0.6 is 0 Å². The van der Waals surface area contributed by atoms with Gasteiger partial charge in [0.15, 0.2) is 0 Å². The second-order valence-electron chi connectivity index (χ2n) is 9.58. The smallest absolute Gasteiger partial charge is 0.0708 e. The molecule has 0 spiro atoms. The number of pyridine rings is 1. The quantitative estimate of drug-likeness (QED) is 0.463. The molecule has 0 saturated heterocycles. The Kier molecular flexibility index (Phi) is 4.45. The first-order valence-corrected chi connectivity index (χ1v) is 10.4. The van der Waals surface area contributed by atoms with Gasteiger partial charge in [-0.2, -0.15) is 0 Å². The number of aromatic nitrogens is 1. The van der Waals surface area contributed by atoms with Crippen molar-refractivity contribution in [2.75, 3.05) is 0 Å². The summed E-state index contributed by atoms with van der Waals surface area (Å²) in [6.45, 7) is 14.4. The molecule has 1 aromatic heterocycles. The van der Waals surface area contributed by atoms with Crippen molar-refractivity contribution in [2.45, 2.75) is 52.4 Å². The third kappa shape index (κ3) is 2.89. The molecule has 1 heterocycles. The van der Waals surface area contributed by atoms with E-state index in [1.165, 1.54) is 27.8 Å². The van der Waals surface area contributed by atoms with Crippen LogP contribution in [0.15, 0.2) is 66.9 Å². The highest BCUT2D eigenvalue weighted by atomic mass is 14.7. The summed E-state index contributed by atoms with van der Waals surface area (Å²) in [5, 5.41) is 0. The maximum Gasteiger partial charge on any atom is 0.0708 e. The van der Waals surface area contributed by atoms with Crippen molar-refractivity contribution in [1.82, 2.24) is 4.98 Å². The third-order valence-electron chi connectivity index (χ3n) is 7.60. The molecule has 0 radical (unpaired) electrons. The average Bonchev–Trinajstić information content (AvgIpc) is 2.72. The molecule has 0 bridgehead atoms. The van der Waals surface area contributed by atoms with E-state index in [9.17, 15) is 0 Å². The fraction of sp³-hybridized carbons (Fsp3) is 0.370. The molecule has 2 atom stereocenters. The molecule has 0 N–H and O–H groups in total. The van der Waals surface area contributed by atoms with Gasteiger partial charge in [-0.25, -0.2) is 0 Å². The van der Waals surface area contributed by atoms with Crippen molar-refractivity contribution < 1.29 is 0 Å². The molecule has 144 valence electrons. The Bertz CT molecular complexity index is 998. The van der Waals surface area contributed by atoms with Gasteiger partial charge in [-0.3, -0.25) is 4.98 Å². The van der Waals surface area contributed by atoms with Gasteiger partial charge in [0.1, 0.15) is 0 Å². The van der Waals surface area contributed by atoms with Crippen LogP contribution in [0.25, 0.3) is 22.4 Å². The monoisotopic (exact) mass is 369 g/mol. The first-order chi connectivity index (χ1) is 13.2. The summed E-state index contributed by atoms with van der Waals surface area (Å²) >= 11 is 0. The minimum Gasteiger partial charge on any atom is -0.256 e. The standard InChI is InChI=1S/C27H31N/c1-18-19(2)27(5,6)24-16-22(12-13-23(24)26(18,3)4)25-17-21(14-15-28-25)20-10-8-7-9-11-20/h7-19H,1-6H3/t18-,19-/m1/s1. The molecule has 28 heavy (non-hydrogen) atoms. The van der Waals surface area contributed by atoms with Crippen molar-refractivity contribution in [3.63, 3.8) is 0 Å². The fourth-order valence-electron chi connectivity index (χ4n) is 4.94. The zero-order valence-electron chi connectivity index (χ0n) is 18.0. The summed E-state index contributed by atoms with van der Waals surface area (Å²) < 4.78 is 0. The van der Waals surface area contributed by atoms with Crippen molar-refractivity contribution in [3.05, 3.63) is 78.0 Å². The molecule has 1 aliphatic carbocycles. The number of hydrogen-bond acceptors (Lipinski definition) is 1. The molecule has 0 unspecified atom stereocenters. The van der Waals surface area contributed by atoms with Crippen molar-refractivity contribution in [1.29, 1.82) is 0 Å². The maximum absolute atomic E-state index is 4.70. The normalized spacial score (nSPS) is 22.5. The predicted octanol–water partition coefficient (Wildman–Crippen LogP) is 7.26. The fourth-order valence-corrected chi connectivity index (χ4v) is 4.94. The van der Waals surface area contributed by atoms with Gasteiger partial charge >= 0.3 is 0 Å². The molecule has 1 nitrogen and oxygen atoms in total. The summed E-state index contributed by atoms with van der Waals surface area (Å²) in [5.41, 5.74) is 8.00. The zero-order valence-corrected chi connectivity index (χ0v) is 18.0. The van der Waals surface area contributed by atoms with E-state index in [-0.39, 0.29) is 10.8 Å². The second-order valence-corrected chi connectivity index (χ2v) is 9.58. The van der Waals surface area contributed by atoms with Gasteiger partial charge in [0.2, 0.25) is 0 Å². The molecule has 4 rings (SSSR count). The highest BCUT2D eigenvalue weighted by Gasteiger charge is 2.46. The molecule has 0 amide bonds. The molecule has 2 aromatic carbocycles.